The number of piperidine rings is 1. The summed E-state index contributed by atoms with van der Waals surface area (Å²) in [5.74, 6) is 1.68. The second-order valence-corrected chi connectivity index (χ2v) is 25.5. The van der Waals surface area contributed by atoms with Crippen LogP contribution in [0.25, 0.3) is 0 Å². The molecule has 0 bridgehead atoms. The van der Waals surface area contributed by atoms with Crippen molar-refractivity contribution in [2.24, 2.45) is 0 Å². The average Bonchev–Trinajstić information content (AvgIpc) is 1.02. The predicted octanol–water partition coefficient (Wildman–Crippen LogP) is 3.65. The maximum Gasteiger partial charge on any atom is 0.183 e. The SMILES string of the molecule is CC(=O)CCCN(C)C.CC(=O)CCC[N+](C)(C)C.CC(=O)CN(CCO)CCO.CC(=O)CN1CCCCC1.CC(=O)CN1CCOCC1.CC(=O)C[N+](CCO)(CCO)CCO.CCCN(CCC)Cc1cccc(CC(C)=O)c1.CCN(CC)CCC(C)=O.Cl.Cl.Cl.[CH3-].[I-]. The van der Waals surface area contributed by atoms with Crippen molar-refractivity contribution in [1.29, 1.82) is 0 Å². The Morgan fingerprint density at radius 3 is 1.27 bits per heavy atom. The van der Waals surface area contributed by atoms with Crippen LogP contribution in [0.5, 0.6) is 0 Å². The fourth-order valence-electron chi connectivity index (χ4n) is 9.64. The van der Waals surface area contributed by atoms with Crippen LogP contribution < -0.4 is 24.0 Å². The molecule has 5 N–H and O–H groups in total. The molecule has 0 aliphatic carbocycles. The molecule has 2 aliphatic heterocycles. The molecule has 97 heavy (non-hydrogen) atoms. The minimum atomic E-state index is -0.0483. The number of halogens is 4. The summed E-state index contributed by atoms with van der Waals surface area (Å²) in [6.45, 7) is 39.2. The maximum atomic E-state index is 11.1. The van der Waals surface area contributed by atoms with Crippen LogP contribution in [-0.2, 0) is 56.1 Å². The third-order valence-corrected chi connectivity index (χ3v) is 14.1. The van der Waals surface area contributed by atoms with E-state index < -0.39 is 0 Å². The van der Waals surface area contributed by atoms with Crippen LogP contribution in [0, 0.1) is 7.43 Å². The zero-order chi connectivity index (χ0) is 71.4. The molecule has 1 aromatic rings. The molecule has 2 heterocycles. The Hall–Kier alpha value is -2.38. The topological polar surface area (TPSA) is 266 Å². The van der Waals surface area contributed by atoms with Crippen LogP contribution in [0.3, 0.4) is 0 Å². The van der Waals surface area contributed by atoms with Crippen molar-refractivity contribution in [3.63, 3.8) is 0 Å². The van der Waals surface area contributed by atoms with Gasteiger partial charge in [-0.1, -0.05) is 58.4 Å². The Bertz CT molecular complexity index is 1980. The predicted molar refractivity (Wildman–Crippen MR) is 401 cm³/mol. The number of benzene rings is 1. The fraction of sp³-hybridized carbons (Fsp3) is 0.789. The Kier molecular flexibility index (Phi) is 92.9. The number of aliphatic hydroxyl groups excluding tert-OH is 5. The van der Waals surface area contributed by atoms with Gasteiger partial charge in [0.1, 0.15) is 66.7 Å². The normalized spacial score (nSPS) is 12.4. The number of hydrogen-bond donors (Lipinski definition) is 5. The van der Waals surface area contributed by atoms with Gasteiger partial charge in [-0.15, -0.1) is 37.2 Å². The number of carbonyl (C=O) groups is 8. The molecule has 0 radical (unpaired) electrons. The van der Waals surface area contributed by atoms with Gasteiger partial charge in [0.25, 0.3) is 0 Å². The van der Waals surface area contributed by atoms with Crippen molar-refractivity contribution in [3.8, 4) is 0 Å². The van der Waals surface area contributed by atoms with E-state index in [1.54, 1.807) is 46.4 Å². The highest BCUT2D eigenvalue weighted by Crippen LogP contribution is 2.11. The number of Topliss-reactive ketones (excluding diaryl/α,β-unsaturated/α-hetero) is 8. The number of ketones is 8. The monoisotopic (exact) mass is 1560 g/mol. The molecule has 2 aliphatic rings. The number of hydrogen-bond acceptors (Lipinski definition) is 20. The number of ether oxygens (including phenoxy) is 1. The number of quaternary nitrogens is 2. The molecule has 26 heteroatoms. The lowest BCUT2D eigenvalue weighted by Crippen LogP contribution is -3.00. The molecule has 0 unspecified atom stereocenters. The Morgan fingerprint density at radius 2 is 0.918 bits per heavy atom. The molecule has 22 nitrogen and oxygen atoms in total. The van der Waals surface area contributed by atoms with Gasteiger partial charge in [-0.05, 0) is 152 Å². The second kappa shape index (κ2) is 77.8. The van der Waals surface area contributed by atoms with E-state index in [9.17, 15) is 38.4 Å². The van der Waals surface area contributed by atoms with Gasteiger partial charge in [0.2, 0.25) is 0 Å². The van der Waals surface area contributed by atoms with Crippen molar-refractivity contribution >= 4 is 83.5 Å². The summed E-state index contributed by atoms with van der Waals surface area (Å²) in [4.78, 5) is 98.4. The van der Waals surface area contributed by atoms with E-state index in [0.717, 1.165) is 127 Å². The van der Waals surface area contributed by atoms with Crippen molar-refractivity contribution in [1.82, 2.24) is 29.4 Å². The summed E-state index contributed by atoms with van der Waals surface area (Å²) in [7, 11) is 10.4. The molecule has 2 fully saturated rings. The molecular formula is C71H144Cl3IN8O14. The third kappa shape index (κ3) is 87.8. The van der Waals surface area contributed by atoms with Gasteiger partial charge in [-0.25, -0.2) is 0 Å². The maximum absolute atomic E-state index is 11.1. The number of nitrogens with zero attached hydrogens (tertiary/aromatic N) is 8. The highest BCUT2D eigenvalue weighted by molar-refractivity contribution is 5.86. The van der Waals surface area contributed by atoms with Crippen molar-refractivity contribution in [3.05, 3.63) is 42.8 Å². The van der Waals surface area contributed by atoms with Gasteiger partial charge in [0, 0.05) is 78.3 Å². The first-order chi connectivity index (χ1) is 43.3. The number of morpholine rings is 1. The summed E-state index contributed by atoms with van der Waals surface area (Å²) < 4.78 is 6.34. The summed E-state index contributed by atoms with van der Waals surface area (Å²) >= 11 is 0. The molecule has 580 valence electrons. The first-order valence-corrected chi connectivity index (χ1v) is 33.9. The van der Waals surface area contributed by atoms with Gasteiger partial charge in [0.05, 0.1) is 93.6 Å². The lowest BCUT2D eigenvalue weighted by atomic mass is 10.1. The van der Waals surface area contributed by atoms with E-state index in [1.165, 1.54) is 51.5 Å². The number of aliphatic hydroxyl groups is 5. The Balaban J connectivity index is -0.000000112. The minimum Gasteiger partial charge on any atom is -1.00 e. The quantitative estimate of drug-likeness (QED) is 0.0358. The molecule has 0 saturated carbocycles. The lowest BCUT2D eigenvalue weighted by molar-refractivity contribution is -0.921. The molecular weight excluding hydrogens is 1420 g/mol. The highest BCUT2D eigenvalue weighted by atomic mass is 127. The van der Waals surface area contributed by atoms with Crippen molar-refractivity contribution < 1.29 is 102 Å². The molecule has 0 aromatic heterocycles. The molecule has 0 atom stereocenters. The highest BCUT2D eigenvalue weighted by Gasteiger charge is 2.27. The van der Waals surface area contributed by atoms with Gasteiger partial charge < -0.3 is 90.0 Å². The van der Waals surface area contributed by atoms with Crippen LogP contribution in [0.4, 0.5) is 0 Å². The second-order valence-electron chi connectivity index (χ2n) is 25.5. The molecule has 1 aromatic carbocycles. The smallest absolute Gasteiger partial charge is 0.183 e. The molecule has 2 saturated heterocycles. The van der Waals surface area contributed by atoms with Gasteiger partial charge in [-0.2, -0.15) is 0 Å². The van der Waals surface area contributed by atoms with E-state index in [4.69, 9.17) is 30.3 Å². The molecule has 0 spiro atoms. The summed E-state index contributed by atoms with van der Waals surface area (Å²) in [6.07, 6.45) is 11.0. The number of likely N-dealkylation sites (tertiary alicyclic amines) is 1. The zero-order valence-corrected chi connectivity index (χ0v) is 68.6. The van der Waals surface area contributed by atoms with Crippen LogP contribution in [0.1, 0.15) is 158 Å². The summed E-state index contributed by atoms with van der Waals surface area (Å²) in [5, 5.41) is 43.7. The molecule has 3 rings (SSSR count). The molecule has 0 amide bonds. The van der Waals surface area contributed by atoms with E-state index in [-0.39, 0.29) is 147 Å². The first kappa shape index (κ1) is 116. The first-order valence-electron chi connectivity index (χ1n) is 33.9. The third-order valence-electron chi connectivity index (χ3n) is 14.1. The van der Waals surface area contributed by atoms with E-state index in [0.29, 0.717) is 76.8 Å². The number of carbonyl (C=O) groups excluding carboxylic acids is 8. The Morgan fingerprint density at radius 1 is 0.485 bits per heavy atom. The summed E-state index contributed by atoms with van der Waals surface area (Å²) in [5.41, 5.74) is 2.45. The number of rotatable bonds is 39. The zero-order valence-electron chi connectivity index (χ0n) is 64.0. The van der Waals surface area contributed by atoms with Gasteiger partial charge >= 0.3 is 0 Å². The van der Waals surface area contributed by atoms with Crippen molar-refractivity contribution in [2.45, 2.75) is 160 Å². The van der Waals surface area contributed by atoms with Gasteiger partial charge in [0.15, 0.2) is 5.78 Å². The minimum absolute atomic E-state index is 0. The standard InChI is InChI=1S/C16H25NO.C9H20NO4.C8H15NO.C8H18NO.C8H17NO.C7H15NO3.C7H13NO2.C7H15NO.CH3.3ClH.HI/c1-4-9-17(10-5-2)13-16-8-6-7-15(12-16)11-14(3)18;1-9(14)8-10(2-5-11,3-6-12)4-7-13;1-8(10)7-9-5-3-2-4-6-9;1-8(10)6-5-7-9(2,3)4;1-4-9(5-2)7-6-8(3)10;1-7(11)6-8(2-4-9)3-5-10;1-7(9)6-8-2-4-10-5-3-8;1-7(9)5-4-6-8(2)3;;;;;/h6-8,12H,4-5,9-11,13H2,1-3H3;11-13H,2-8H2,1H3;2-7H2,1H3;5-7H2,1-4H3;4-7H2,1-3H3;9-10H,2-6H2,1H3;2-6H2,1H3;4-6H2,1-3H3;1H3;4*1H/q;+1;;+1;;;;;-1;;;;/p-1. The summed E-state index contributed by atoms with van der Waals surface area (Å²) in [6, 6.07) is 8.42. The van der Waals surface area contributed by atoms with E-state index in [2.05, 4.69) is 91.5 Å². The lowest BCUT2D eigenvalue weighted by Gasteiger charge is -2.36. The van der Waals surface area contributed by atoms with Crippen molar-refractivity contribution in [2.75, 3.05) is 212 Å². The largest absolute Gasteiger partial charge is 1.00 e. The van der Waals surface area contributed by atoms with E-state index >= 15 is 0 Å². The van der Waals surface area contributed by atoms with Crippen LogP contribution in [0.15, 0.2) is 24.3 Å². The van der Waals surface area contributed by atoms with Crippen LogP contribution in [0.2, 0.25) is 0 Å². The van der Waals surface area contributed by atoms with Crippen LogP contribution >= 0.6 is 37.2 Å². The Labute approximate surface area is 626 Å². The fourth-order valence-corrected chi connectivity index (χ4v) is 9.64. The van der Waals surface area contributed by atoms with E-state index in [1.807, 2.05) is 20.2 Å². The van der Waals surface area contributed by atoms with Gasteiger partial charge in [-0.3, -0.25) is 48.4 Å². The van der Waals surface area contributed by atoms with Crippen LogP contribution in [-0.4, -0.2) is 323 Å². The average molecular weight is 1570 g/mol.